The minimum atomic E-state index is -0.238. The molecule has 1 aromatic carbocycles. The Kier molecular flexibility index (Phi) is 2.33. The molecule has 0 atom stereocenters. The summed E-state index contributed by atoms with van der Waals surface area (Å²) in [5.41, 5.74) is 2.81. The molecule has 0 bridgehead atoms. The fourth-order valence-electron chi connectivity index (χ4n) is 1.74. The van der Waals surface area contributed by atoms with Gasteiger partial charge in [0.05, 0.1) is 11.7 Å². The first-order valence-corrected chi connectivity index (χ1v) is 5.49. The number of aromatic nitrogens is 4. The molecule has 0 unspecified atom stereocenters. The number of nitrogens with zero attached hydrogens (tertiary/aromatic N) is 2. The highest BCUT2D eigenvalue weighted by atomic mass is 16.1. The van der Waals surface area contributed by atoms with Crippen molar-refractivity contribution in [3.05, 3.63) is 41.9 Å². The van der Waals surface area contributed by atoms with Crippen LogP contribution < -0.4 is 5.32 Å². The number of aryl methyl sites for hydroxylation is 1. The zero-order valence-corrected chi connectivity index (χ0v) is 9.69. The van der Waals surface area contributed by atoms with Gasteiger partial charge in [-0.25, -0.2) is 0 Å². The van der Waals surface area contributed by atoms with Gasteiger partial charge in [0, 0.05) is 16.8 Å². The molecular weight excluding hydrogens is 230 g/mol. The number of fused-ring (bicyclic) bond motifs is 1. The Hall–Kier alpha value is -2.63. The van der Waals surface area contributed by atoms with Crippen LogP contribution in [0, 0.1) is 6.92 Å². The predicted octanol–water partition coefficient (Wildman–Crippen LogP) is 1.85. The van der Waals surface area contributed by atoms with Crippen LogP contribution in [-0.2, 0) is 0 Å². The van der Waals surface area contributed by atoms with Gasteiger partial charge in [-0.3, -0.25) is 15.0 Å². The minimum absolute atomic E-state index is 0.238. The summed E-state index contributed by atoms with van der Waals surface area (Å²) in [6.07, 6.45) is 1.73. The molecule has 0 aliphatic carbocycles. The molecule has 3 N–H and O–H groups in total. The van der Waals surface area contributed by atoms with Crippen molar-refractivity contribution in [2.24, 2.45) is 0 Å². The van der Waals surface area contributed by atoms with Crippen LogP contribution in [0.2, 0.25) is 0 Å². The molecule has 3 aromatic rings. The molecule has 0 fully saturated rings. The van der Waals surface area contributed by atoms with E-state index in [0.29, 0.717) is 11.4 Å². The third-order valence-corrected chi connectivity index (χ3v) is 2.64. The van der Waals surface area contributed by atoms with Crippen LogP contribution in [0.1, 0.15) is 16.2 Å². The minimum Gasteiger partial charge on any atom is -0.321 e. The summed E-state index contributed by atoms with van der Waals surface area (Å²) >= 11 is 0. The quantitative estimate of drug-likeness (QED) is 0.639. The summed E-state index contributed by atoms with van der Waals surface area (Å²) in [5, 5.41) is 17.2. The molecular formula is C12H11N5O. The van der Waals surface area contributed by atoms with Gasteiger partial charge in [0.25, 0.3) is 5.91 Å². The van der Waals surface area contributed by atoms with E-state index < -0.39 is 0 Å². The van der Waals surface area contributed by atoms with Gasteiger partial charge in [0.15, 0.2) is 5.69 Å². The van der Waals surface area contributed by atoms with Crippen LogP contribution in [0.4, 0.5) is 5.69 Å². The van der Waals surface area contributed by atoms with Crippen molar-refractivity contribution in [3.8, 4) is 0 Å². The van der Waals surface area contributed by atoms with Crippen molar-refractivity contribution in [3.63, 3.8) is 0 Å². The maximum Gasteiger partial charge on any atom is 0.276 e. The molecule has 1 amide bonds. The van der Waals surface area contributed by atoms with E-state index in [1.165, 1.54) is 0 Å². The fraction of sp³-hybridized carbons (Fsp3) is 0.0833. The molecule has 0 aliphatic rings. The van der Waals surface area contributed by atoms with E-state index in [9.17, 15) is 4.79 Å². The molecule has 2 aromatic heterocycles. The second kappa shape index (κ2) is 3.99. The van der Waals surface area contributed by atoms with Crippen LogP contribution in [0.15, 0.2) is 30.5 Å². The number of H-pyrrole nitrogens is 2. The molecule has 0 spiro atoms. The summed E-state index contributed by atoms with van der Waals surface area (Å²) in [4.78, 5) is 11.9. The Morgan fingerprint density at radius 1 is 1.28 bits per heavy atom. The summed E-state index contributed by atoms with van der Waals surface area (Å²) in [6, 6.07) is 7.25. The lowest BCUT2D eigenvalue weighted by Gasteiger charge is -2.02. The smallest absolute Gasteiger partial charge is 0.276 e. The maximum atomic E-state index is 11.9. The number of nitrogens with one attached hydrogen (secondary N) is 3. The molecule has 0 saturated heterocycles. The number of anilines is 1. The van der Waals surface area contributed by atoms with Crippen LogP contribution in [0.3, 0.4) is 0 Å². The molecule has 3 rings (SSSR count). The summed E-state index contributed by atoms with van der Waals surface area (Å²) in [6.45, 7) is 1.85. The standard InChI is InChI=1S/C12H11N5O/c1-7-4-11(17-15-7)12(18)14-9-3-2-8-6-13-16-10(8)5-9/h2-6H,1H3,(H,13,16)(H,14,18)(H,15,17). The Morgan fingerprint density at radius 2 is 2.17 bits per heavy atom. The summed E-state index contributed by atoms with van der Waals surface area (Å²) < 4.78 is 0. The normalized spacial score (nSPS) is 10.7. The maximum absolute atomic E-state index is 11.9. The SMILES string of the molecule is Cc1cc(C(=O)Nc2ccc3cn[nH]c3c2)n[nH]1. The third-order valence-electron chi connectivity index (χ3n) is 2.64. The summed E-state index contributed by atoms with van der Waals surface area (Å²) in [5.74, 6) is -0.238. The van der Waals surface area contributed by atoms with Crippen molar-refractivity contribution in [2.75, 3.05) is 5.32 Å². The van der Waals surface area contributed by atoms with Gasteiger partial charge in [-0.15, -0.1) is 0 Å². The topological polar surface area (TPSA) is 86.5 Å². The highest BCUT2D eigenvalue weighted by Crippen LogP contribution is 2.17. The third kappa shape index (κ3) is 1.84. The largest absolute Gasteiger partial charge is 0.321 e. The first kappa shape index (κ1) is 10.5. The molecule has 6 heteroatoms. The second-order valence-corrected chi connectivity index (χ2v) is 4.06. The number of carbonyl (C=O) groups is 1. The van der Waals surface area contributed by atoms with Crippen molar-refractivity contribution >= 4 is 22.5 Å². The average molecular weight is 241 g/mol. The molecule has 90 valence electrons. The lowest BCUT2D eigenvalue weighted by atomic mass is 10.2. The predicted molar refractivity (Wildman–Crippen MR) is 67.4 cm³/mol. The Bertz CT molecular complexity index is 712. The van der Waals surface area contributed by atoms with Gasteiger partial charge in [0.2, 0.25) is 0 Å². The van der Waals surface area contributed by atoms with E-state index in [1.54, 1.807) is 12.3 Å². The molecule has 0 aliphatic heterocycles. The van der Waals surface area contributed by atoms with Gasteiger partial charge in [-0.2, -0.15) is 10.2 Å². The van der Waals surface area contributed by atoms with Gasteiger partial charge >= 0.3 is 0 Å². The molecule has 0 radical (unpaired) electrons. The lowest BCUT2D eigenvalue weighted by Crippen LogP contribution is -2.12. The molecule has 2 heterocycles. The molecule has 18 heavy (non-hydrogen) atoms. The zero-order chi connectivity index (χ0) is 12.5. The zero-order valence-electron chi connectivity index (χ0n) is 9.69. The number of hydrogen-bond acceptors (Lipinski definition) is 3. The second-order valence-electron chi connectivity index (χ2n) is 4.06. The van der Waals surface area contributed by atoms with Crippen molar-refractivity contribution in [1.82, 2.24) is 20.4 Å². The number of benzene rings is 1. The van der Waals surface area contributed by atoms with E-state index in [2.05, 4.69) is 25.7 Å². The summed E-state index contributed by atoms with van der Waals surface area (Å²) in [7, 11) is 0. The fourth-order valence-corrected chi connectivity index (χ4v) is 1.74. The molecule has 6 nitrogen and oxygen atoms in total. The van der Waals surface area contributed by atoms with E-state index in [4.69, 9.17) is 0 Å². The highest BCUT2D eigenvalue weighted by molar-refractivity contribution is 6.03. The first-order valence-electron chi connectivity index (χ1n) is 5.49. The van der Waals surface area contributed by atoms with Crippen LogP contribution >= 0.6 is 0 Å². The Balaban J connectivity index is 1.85. The number of rotatable bonds is 2. The van der Waals surface area contributed by atoms with Crippen LogP contribution in [0.25, 0.3) is 10.9 Å². The number of hydrogen-bond donors (Lipinski definition) is 3. The van der Waals surface area contributed by atoms with Gasteiger partial charge in [-0.1, -0.05) is 0 Å². The van der Waals surface area contributed by atoms with Gasteiger partial charge in [-0.05, 0) is 31.2 Å². The lowest BCUT2D eigenvalue weighted by molar-refractivity contribution is 0.102. The Morgan fingerprint density at radius 3 is 2.94 bits per heavy atom. The number of aromatic amines is 2. The van der Waals surface area contributed by atoms with E-state index in [0.717, 1.165) is 16.6 Å². The van der Waals surface area contributed by atoms with E-state index in [1.807, 2.05) is 25.1 Å². The van der Waals surface area contributed by atoms with Crippen molar-refractivity contribution in [2.45, 2.75) is 6.92 Å². The van der Waals surface area contributed by atoms with Gasteiger partial charge in [0.1, 0.15) is 0 Å². The molecule has 0 saturated carbocycles. The van der Waals surface area contributed by atoms with Crippen molar-refractivity contribution < 1.29 is 4.79 Å². The number of carbonyl (C=O) groups excluding carboxylic acids is 1. The highest BCUT2D eigenvalue weighted by Gasteiger charge is 2.09. The van der Waals surface area contributed by atoms with E-state index in [-0.39, 0.29) is 5.91 Å². The number of amides is 1. The monoisotopic (exact) mass is 241 g/mol. The average Bonchev–Trinajstić information content (AvgIpc) is 2.96. The van der Waals surface area contributed by atoms with Gasteiger partial charge < -0.3 is 5.32 Å². The van der Waals surface area contributed by atoms with Crippen molar-refractivity contribution in [1.29, 1.82) is 0 Å². The first-order chi connectivity index (χ1) is 8.72. The van der Waals surface area contributed by atoms with E-state index >= 15 is 0 Å². The Labute approximate surface area is 102 Å². The van der Waals surface area contributed by atoms with Crippen LogP contribution in [-0.4, -0.2) is 26.3 Å². The van der Waals surface area contributed by atoms with Crippen LogP contribution in [0.5, 0.6) is 0 Å².